The molecule has 1 atom stereocenters. The predicted molar refractivity (Wildman–Crippen MR) is 135 cm³/mol. The highest BCUT2D eigenvalue weighted by atomic mass is 35.5. The van der Waals surface area contributed by atoms with Crippen molar-refractivity contribution in [2.24, 2.45) is 0 Å². The van der Waals surface area contributed by atoms with Crippen molar-refractivity contribution in [1.82, 2.24) is 4.90 Å². The quantitative estimate of drug-likeness (QED) is 0.547. The second-order valence-electron chi connectivity index (χ2n) is 8.41. The largest absolute Gasteiger partial charge is 0.495 e. The number of ether oxygens (including phenoxy) is 2. The van der Waals surface area contributed by atoms with Crippen molar-refractivity contribution in [2.75, 3.05) is 56.2 Å². The molecule has 0 saturated carbocycles. The molecule has 6 nitrogen and oxygen atoms in total. The summed E-state index contributed by atoms with van der Waals surface area (Å²) < 4.78 is 25.2. The third-order valence-electron chi connectivity index (χ3n) is 6.25. The highest BCUT2D eigenvalue weighted by Crippen LogP contribution is 2.46. The molecule has 1 N–H and O–H groups in total. The van der Waals surface area contributed by atoms with Crippen LogP contribution in [0.5, 0.6) is 17.2 Å². The molecule has 0 spiro atoms. The molecule has 2 heterocycles. The zero-order valence-electron chi connectivity index (χ0n) is 19.1. The van der Waals surface area contributed by atoms with Crippen molar-refractivity contribution >= 4 is 29.5 Å². The lowest BCUT2D eigenvalue weighted by Gasteiger charge is -2.38. The van der Waals surface area contributed by atoms with Crippen molar-refractivity contribution in [2.45, 2.75) is 6.10 Å². The number of para-hydroxylation sites is 4. The molecule has 0 amide bonds. The Morgan fingerprint density at radius 2 is 1.50 bits per heavy atom. The van der Waals surface area contributed by atoms with Gasteiger partial charge >= 0.3 is 0 Å². The molecule has 180 valence electrons. The summed E-state index contributed by atoms with van der Waals surface area (Å²) >= 11 is 0. The standard InChI is InChI=1S/C26H28FN3O3.ClH/c1-32-24-11-10-19(27)16-23(24)29-14-12-28(13-15-29)17-20(31)18-30-21-6-2-4-8-25(21)33-26-9-5-3-7-22(26)30;/h2-11,16,20,31H,12-15,17-18H2,1H3;1H. The Morgan fingerprint density at radius 1 is 0.882 bits per heavy atom. The maximum absolute atomic E-state index is 13.8. The molecule has 0 bridgehead atoms. The Kier molecular flexibility index (Phi) is 7.46. The van der Waals surface area contributed by atoms with E-state index in [-0.39, 0.29) is 18.2 Å². The predicted octanol–water partition coefficient (Wildman–Crippen LogP) is 4.68. The van der Waals surface area contributed by atoms with Crippen LogP contribution >= 0.6 is 12.4 Å². The molecule has 34 heavy (non-hydrogen) atoms. The normalized spacial score (nSPS) is 16.1. The summed E-state index contributed by atoms with van der Waals surface area (Å²) in [6.07, 6.45) is -0.542. The molecule has 2 aliphatic rings. The number of rotatable bonds is 6. The fraction of sp³-hybridized carbons (Fsp3) is 0.308. The van der Waals surface area contributed by atoms with Crippen LogP contribution in [0.1, 0.15) is 0 Å². The topological polar surface area (TPSA) is 48.4 Å². The van der Waals surface area contributed by atoms with E-state index in [0.29, 0.717) is 18.8 Å². The molecule has 0 aliphatic carbocycles. The van der Waals surface area contributed by atoms with E-state index in [1.165, 1.54) is 12.1 Å². The minimum atomic E-state index is -0.542. The van der Waals surface area contributed by atoms with E-state index in [1.54, 1.807) is 13.2 Å². The molecule has 0 radical (unpaired) electrons. The lowest BCUT2D eigenvalue weighted by molar-refractivity contribution is 0.114. The van der Waals surface area contributed by atoms with Crippen LogP contribution in [-0.4, -0.2) is 62.5 Å². The minimum absolute atomic E-state index is 0. The Morgan fingerprint density at radius 3 is 2.12 bits per heavy atom. The molecule has 1 fully saturated rings. The molecule has 8 heteroatoms. The molecular formula is C26H29ClFN3O3. The molecule has 0 aromatic heterocycles. The van der Waals surface area contributed by atoms with Crippen LogP contribution in [0.3, 0.4) is 0 Å². The summed E-state index contributed by atoms with van der Waals surface area (Å²) in [5, 5.41) is 11.0. The SMILES string of the molecule is COc1ccc(F)cc1N1CCN(CC(O)CN2c3ccccc3Oc3ccccc32)CC1.Cl. The molecule has 3 aromatic rings. The van der Waals surface area contributed by atoms with Crippen LogP contribution < -0.4 is 19.3 Å². The van der Waals surface area contributed by atoms with Crippen LogP contribution in [0.4, 0.5) is 21.5 Å². The van der Waals surface area contributed by atoms with Gasteiger partial charge in [-0.15, -0.1) is 12.4 Å². The zero-order valence-corrected chi connectivity index (χ0v) is 19.9. The van der Waals surface area contributed by atoms with Crippen LogP contribution in [-0.2, 0) is 0 Å². The van der Waals surface area contributed by atoms with E-state index in [4.69, 9.17) is 9.47 Å². The van der Waals surface area contributed by atoms with E-state index in [0.717, 1.165) is 54.7 Å². The van der Waals surface area contributed by atoms with Crippen molar-refractivity contribution in [3.05, 3.63) is 72.5 Å². The average Bonchev–Trinajstić information content (AvgIpc) is 2.84. The van der Waals surface area contributed by atoms with Crippen LogP contribution in [0.2, 0.25) is 0 Å². The Bertz CT molecular complexity index is 1080. The maximum atomic E-state index is 13.8. The molecular weight excluding hydrogens is 457 g/mol. The van der Waals surface area contributed by atoms with Gasteiger partial charge in [0.05, 0.1) is 36.8 Å². The molecule has 5 rings (SSSR count). The van der Waals surface area contributed by atoms with E-state index < -0.39 is 6.10 Å². The number of β-amino-alcohol motifs (C(OH)–C–C–N with tert-alkyl or cyclic N) is 1. The highest BCUT2D eigenvalue weighted by Gasteiger charge is 2.27. The van der Waals surface area contributed by atoms with Gasteiger partial charge in [-0.1, -0.05) is 24.3 Å². The number of halogens is 2. The van der Waals surface area contributed by atoms with Gasteiger partial charge in [-0.3, -0.25) is 4.90 Å². The van der Waals surface area contributed by atoms with Crippen molar-refractivity contribution < 1.29 is 19.0 Å². The van der Waals surface area contributed by atoms with E-state index in [2.05, 4.69) is 14.7 Å². The van der Waals surface area contributed by atoms with Gasteiger partial charge in [0.25, 0.3) is 0 Å². The number of anilines is 3. The van der Waals surface area contributed by atoms with Crippen molar-refractivity contribution in [1.29, 1.82) is 0 Å². The fourth-order valence-electron chi connectivity index (χ4n) is 4.63. The van der Waals surface area contributed by atoms with Gasteiger partial charge in [0.2, 0.25) is 0 Å². The third kappa shape index (κ3) is 4.92. The monoisotopic (exact) mass is 485 g/mol. The number of hydrogen-bond acceptors (Lipinski definition) is 6. The smallest absolute Gasteiger partial charge is 0.151 e. The molecule has 3 aromatic carbocycles. The van der Waals surface area contributed by atoms with Gasteiger partial charge in [-0.2, -0.15) is 0 Å². The molecule has 1 unspecified atom stereocenters. The van der Waals surface area contributed by atoms with E-state index in [9.17, 15) is 9.50 Å². The number of benzene rings is 3. The number of fused-ring (bicyclic) bond motifs is 2. The highest BCUT2D eigenvalue weighted by molar-refractivity contribution is 5.85. The molecule has 2 aliphatic heterocycles. The Balaban J connectivity index is 0.00000274. The first kappa shape index (κ1) is 24.1. The molecule has 1 saturated heterocycles. The number of piperazine rings is 1. The van der Waals surface area contributed by atoms with Gasteiger partial charge in [-0.25, -0.2) is 4.39 Å². The average molecular weight is 486 g/mol. The second-order valence-corrected chi connectivity index (χ2v) is 8.41. The minimum Gasteiger partial charge on any atom is -0.495 e. The summed E-state index contributed by atoms with van der Waals surface area (Å²) in [5.74, 6) is 1.99. The van der Waals surface area contributed by atoms with Crippen LogP contribution in [0.25, 0.3) is 0 Å². The van der Waals surface area contributed by atoms with Crippen LogP contribution in [0, 0.1) is 5.82 Å². The van der Waals surface area contributed by atoms with Crippen LogP contribution in [0.15, 0.2) is 66.7 Å². The second kappa shape index (κ2) is 10.5. The van der Waals surface area contributed by atoms with Gasteiger partial charge < -0.3 is 24.4 Å². The summed E-state index contributed by atoms with van der Waals surface area (Å²) in [6.45, 7) is 4.09. The first-order valence-corrected chi connectivity index (χ1v) is 11.2. The summed E-state index contributed by atoms with van der Waals surface area (Å²) in [4.78, 5) is 6.52. The Hall–Kier alpha value is -3.00. The van der Waals surface area contributed by atoms with Crippen molar-refractivity contribution in [3.63, 3.8) is 0 Å². The maximum Gasteiger partial charge on any atom is 0.151 e. The third-order valence-corrected chi connectivity index (χ3v) is 6.25. The zero-order chi connectivity index (χ0) is 22.8. The first-order valence-electron chi connectivity index (χ1n) is 11.2. The first-order chi connectivity index (χ1) is 16.1. The summed E-state index contributed by atoms with van der Waals surface area (Å²) in [6, 6.07) is 20.4. The number of methoxy groups -OCH3 is 1. The summed E-state index contributed by atoms with van der Waals surface area (Å²) in [5.41, 5.74) is 2.69. The van der Waals surface area contributed by atoms with Gasteiger partial charge in [0.15, 0.2) is 11.5 Å². The number of aliphatic hydroxyl groups is 1. The van der Waals surface area contributed by atoms with E-state index >= 15 is 0 Å². The fourth-order valence-corrected chi connectivity index (χ4v) is 4.63. The lowest BCUT2D eigenvalue weighted by Crippen LogP contribution is -2.50. The lowest BCUT2D eigenvalue weighted by atomic mass is 10.1. The number of hydrogen-bond donors (Lipinski definition) is 1. The van der Waals surface area contributed by atoms with Gasteiger partial charge in [0.1, 0.15) is 11.6 Å². The number of nitrogens with zero attached hydrogens (tertiary/aromatic N) is 3. The van der Waals surface area contributed by atoms with Gasteiger partial charge in [-0.05, 0) is 36.4 Å². The van der Waals surface area contributed by atoms with Crippen molar-refractivity contribution in [3.8, 4) is 17.2 Å². The Labute approximate surface area is 205 Å². The van der Waals surface area contributed by atoms with Gasteiger partial charge in [0, 0.05) is 38.8 Å². The van der Waals surface area contributed by atoms with E-state index in [1.807, 2.05) is 48.5 Å². The summed E-state index contributed by atoms with van der Waals surface area (Å²) in [7, 11) is 1.60. The number of aliphatic hydroxyl groups excluding tert-OH is 1.